The van der Waals surface area contributed by atoms with E-state index < -0.39 is 6.10 Å². The number of hydrogen-bond acceptors (Lipinski definition) is 3. The monoisotopic (exact) mass is 209 g/mol. The van der Waals surface area contributed by atoms with Gasteiger partial charge in [-0.05, 0) is 19.9 Å². The van der Waals surface area contributed by atoms with Crippen LogP contribution in [0.1, 0.15) is 13.8 Å². The maximum Gasteiger partial charge on any atom is 0.137 e. The van der Waals surface area contributed by atoms with Gasteiger partial charge < -0.3 is 14.7 Å². The van der Waals surface area contributed by atoms with Crippen molar-refractivity contribution in [3.63, 3.8) is 0 Å². The van der Waals surface area contributed by atoms with E-state index in [1.54, 1.807) is 13.2 Å². The zero-order valence-corrected chi connectivity index (χ0v) is 9.60. The van der Waals surface area contributed by atoms with Crippen molar-refractivity contribution in [2.24, 2.45) is 0 Å². The van der Waals surface area contributed by atoms with Crippen LogP contribution in [0.3, 0.4) is 0 Å². The molecule has 84 valence electrons. The molecule has 0 heterocycles. The number of hydrogen-bond donors (Lipinski definition) is 1. The van der Waals surface area contributed by atoms with Gasteiger partial charge in [-0.1, -0.05) is 12.2 Å². The van der Waals surface area contributed by atoms with Crippen molar-refractivity contribution < 1.29 is 9.84 Å². The van der Waals surface area contributed by atoms with Gasteiger partial charge in [-0.2, -0.15) is 0 Å². The molecular formula is C12H19NO2. The van der Waals surface area contributed by atoms with Crippen LogP contribution in [0.5, 0.6) is 0 Å². The predicted octanol–water partition coefficient (Wildman–Crippen LogP) is 1.67. The molecule has 0 aromatic heterocycles. The highest BCUT2D eigenvalue weighted by molar-refractivity contribution is 5.37. The van der Waals surface area contributed by atoms with Crippen molar-refractivity contribution in [2.75, 3.05) is 20.2 Å². The van der Waals surface area contributed by atoms with E-state index in [0.29, 0.717) is 5.76 Å². The fraction of sp³-hybridized carbons (Fsp3) is 0.500. The van der Waals surface area contributed by atoms with Gasteiger partial charge in [0.1, 0.15) is 11.9 Å². The molecule has 0 spiro atoms. The Labute approximate surface area is 91.3 Å². The minimum absolute atomic E-state index is 0.593. The Kier molecular flexibility index (Phi) is 4.43. The normalized spacial score (nSPS) is 22.8. The van der Waals surface area contributed by atoms with Crippen LogP contribution in [0.25, 0.3) is 0 Å². The molecule has 1 aliphatic carbocycles. The maximum absolute atomic E-state index is 9.93. The van der Waals surface area contributed by atoms with E-state index in [2.05, 4.69) is 18.7 Å². The van der Waals surface area contributed by atoms with Gasteiger partial charge >= 0.3 is 0 Å². The zero-order valence-electron chi connectivity index (χ0n) is 9.60. The number of allylic oxidation sites excluding steroid dienone is 2. The van der Waals surface area contributed by atoms with Crippen LogP contribution in [-0.4, -0.2) is 36.3 Å². The molecule has 3 heteroatoms. The highest BCUT2D eigenvalue weighted by Gasteiger charge is 2.17. The van der Waals surface area contributed by atoms with Gasteiger partial charge in [-0.25, -0.2) is 0 Å². The molecule has 0 amide bonds. The average Bonchev–Trinajstić information content (AvgIpc) is 2.28. The van der Waals surface area contributed by atoms with Crippen molar-refractivity contribution in [2.45, 2.75) is 20.0 Å². The number of rotatable bonds is 4. The lowest BCUT2D eigenvalue weighted by Crippen LogP contribution is -2.22. The minimum atomic E-state index is -0.638. The molecule has 1 rings (SSSR count). The summed E-state index contributed by atoms with van der Waals surface area (Å²) < 4.78 is 5.08. The second-order valence-corrected chi connectivity index (χ2v) is 3.39. The van der Waals surface area contributed by atoms with E-state index in [1.165, 1.54) is 0 Å². The number of nitrogens with zero attached hydrogens (tertiary/aromatic N) is 1. The SMILES string of the molecule is CCN(/C=C1/C=CC=C(OC)C1O)CC. The Morgan fingerprint density at radius 2 is 2.13 bits per heavy atom. The molecule has 0 aliphatic heterocycles. The van der Waals surface area contributed by atoms with Crippen molar-refractivity contribution in [1.82, 2.24) is 4.90 Å². The molecule has 0 saturated carbocycles. The fourth-order valence-corrected chi connectivity index (χ4v) is 1.51. The minimum Gasteiger partial charge on any atom is -0.498 e. The number of aliphatic hydroxyl groups excluding tert-OH is 1. The Hall–Kier alpha value is -1.22. The third kappa shape index (κ3) is 2.86. The first-order valence-corrected chi connectivity index (χ1v) is 5.29. The van der Waals surface area contributed by atoms with Gasteiger partial charge in [-0.3, -0.25) is 0 Å². The van der Waals surface area contributed by atoms with Gasteiger partial charge in [0, 0.05) is 24.9 Å². The first-order valence-electron chi connectivity index (χ1n) is 5.29. The van der Waals surface area contributed by atoms with E-state index >= 15 is 0 Å². The molecular weight excluding hydrogens is 190 g/mol. The lowest BCUT2D eigenvalue weighted by molar-refractivity contribution is 0.152. The van der Waals surface area contributed by atoms with E-state index in [9.17, 15) is 5.11 Å². The summed E-state index contributed by atoms with van der Waals surface area (Å²) in [5.41, 5.74) is 0.873. The lowest BCUT2D eigenvalue weighted by atomic mass is 10.0. The molecule has 1 aliphatic rings. The highest BCUT2D eigenvalue weighted by atomic mass is 16.5. The second-order valence-electron chi connectivity index (χ2n) is 3.39. The van der Waals surface area contributed by atoms with Gasteiger partial charge in [0.25, 0.3) is 0 Å². The van der Waals surface area contributed by atoms with Crippen molar-refractivity contribution in [3.8, 4) is 0 Å². The first kappa shape index (κ1) is 11.9. The van der Waals surface area contributed by atoms with Crippen LogP contribution < -0.4 is 0 Å². The van der Waals surface area contributed by atoms with Gasteiger partial charge in [0.15, 0.2) is 0 Å². The molecule has 1 N–H and O–H groups in total. The Morgan fingerprint density at radius 1 is 1.47 bits per heavy atom. The first-order chi connectivity index (χ1) is 7.22. The lowest BCUT2D eigenvalue weighted by Gasteiger charge is -2.22. The molecule has 0 fully saturated rings. The summed E-state index contributed by atoms with van der Waals surface area (Å²) in [6.45, 7) is 6.05. The molecule has 0 radical (unpaired) electrons. The van der Waals surface area contributed by atoms with Gasteiger partial charge in [-0.15, -0.1) is 0 Å². The highest BCUT2D eigenvalue weighted by Crippen LogP contribution is 2.19. The third-order valence-electron chi connectivity index (χ3n) is 2.51. The molecule has 15 heavy (non-hydrogen) atoms. The van der Waals surface area contributed by atoms with E-state index in [-0.39, 0.29) is 0 Å². The third-order valence-corrected chi connectivity index (χ3v) is 2.51. The van der Waals surface area contributed by atoms with Crippen LogP contribution in [0.2, 0.25) is 0 Å². The molecule has 0 aromatic rings. The Balaban J connectivity index is 2.80. The molecule has 0 bridgehead atoms. The van der Waals surface area contributed by atoms with Crippen molar-refractivity contribution in [1.29, 1.82) is 0 Å². The predicted molar refractivity (Wildman–Crippen MR) is 61.2 cm³/mol. The van der Waals surface area contributed by atoms with Gasteiger partial charge in [0.2, 0.25) is 0 Å². The topological polar surface area (TPSA) is 32.7 Å². The summed E-state index contributed by atoms with van der Waals surface area (Å²) in [5.74, 6) is 0.593. The van der Waals surface area contributed by atoms with E-state index in [4.69, 9.17) is 4.74 Å². The Bertz CT molecular complexity index is 288. The summed E-state index contributed by atoms with van der Waals surface area (Å²) in [5, 5.41) is 9.93. The summed E-state index contributed by atoms with van der Waals surface area (Å²) in [7, 11) is 1.57. The van der Waals surface area contributed by atoms with E-state index in [0.717, 1.165) is 18.7 Å². The smallest absolute Gasteiger partial charge is 0.137 e. The van der Waals surface area contributed by atoms with Crippen molar-refractivity contribution >= 4 is 0 Å². The quantitative estimate of drug-likeness (QED) is 0.764. The summed E-state index contributed by atoms with van der Waals surface area (Å²) in [6.07, 6.45) is 6.92. The van der Waals surface area contributed by atoms with Crippen LogP contribution in [-0.2, 0) is 4.74 Å². The zero-order chi connectivity index (χ0) is 11.3. The Morgan fingerprint density at radius 3 is 2.67 bits per heavy atom. The second kappa shape index (κ2) is 5.61. The molecule has 0 saturated heterocycles. The fourth-order valence-electron chi connectivity index (χ4n) is 1.51. The van der Waals surface area contributed by atoms with Gasteiger partial charge in [0.05, 0.1) is 7.11 Å². The molecule has 0 aromatic carbocycles. The molecule has 1 atom stereocenters. The molecule has 1 unspecified atom stereocenters. The van der Waals surface area contributed by atoms with Crippen LogP contribution >= 0.6 is 0 Å². The van der Waals surface area contributed by atoms with E-state index in [1.807, 2.05) is 18.4 Å². The standard InChI is InChI=1S/C12H19NO2/c1-4-13(5-2)9-10-7-6-8-11(15-3)12(10)14/h6-9,12,14H,4-5H2,1-3H3/b10-9-. The van der Waals surface area contributed by atoms with Crippen LogP contribution in [0.4, 0.5) is 0 Å². The summed E-state index contributed by atoms with van der Waals surface area (Å²) in [6, 6.07) is 0. The summed E-state index contributed by atoms with van der Waals surface area (Å²) >= 11 is 0. The summed E-state index contributed by atoms with van der Waals surface area (Å²) in [4.78, 5) is 2.14. The maximum atomic E-state index is 9.93. The number of methoxy groups -OCH3 is 1. The number of aliphatic hydroxyl groups is 1. The largest absolute Gasteiger partial charge is 0.498 e. The molecule has 3 nitrogen and oxygen atoms in total. The average molecular weight is 209 g/mol. The van der Waals surface area contributed by atoms with Crippen LogP contribution in [0.15, 0.2) is 35.8 Å². The van der Waals surface area contributed by atoms with Crippen molar-refractivity contribution in [3.05, 3.63) is 35.8 Å². The van der Waals surface area contributed by atoms with Crippen LogP contribution in [0, 0.1) is 0 Å². The number of ether oxygens (including phenoxy) is 1.